The molecule has 0 aromatic heterocycles. The van der Waals surface area contributed by atoms with Crippen LogP contribution in [0.1, 0.15) is 20.3 Å². The van der Waals surface area contributed by atoms with Crippen LogP contribution < -0.4 is 5.32 Å². The van der Waals surface area contributed by atoms with Gasteiger partial charge in [-0.05, 0) is 0 Å². The summed E-state index contributed by atoms with van der Waals surface area (Å²) < 4.78 is 4.83. The number of amides is 2. The highest BCUT2D eigenvalue weighted by Crippen LogP contribution is 2.40. The van der Waals surface area contributed by atoms with Gasteiger partial charge < -0.3 is 15.2 Å². The fraction of sp³-hybridized carbons (Fsp3) is 0.538. The van der Waals surface area contributed by atoms with Gasteiger partial charge in [-0.25, -0.2) is 4.79 Å². The van der Waals surface area contributed by atoms with E-state index >= 15 is 0 Å². The molecule has 0 radical (unpaired) electrons. The highest BCUT2D eigenvalue weighted by molar-refractivity contribution is 8.00. The van der Waals surface area contributed by atoms with Crippen LogP contribution in [-0.4, -0.2) is 57.5 Å². The molecule has 9 heteroatoms. The van der Waals surface area contributed by atoms with E-state index in [1.165, 1.54) is 18.7 Å². The molecule has 2 atom stereocenters. The normalized spacial score (nSPS) is 23.5. The molecule has 2 aliphatic rings. The van der Waals surface area contributed by atoms with Crippen LogP contribution in [0.4, 0.5) is 0 Å². The molecule has 120 valence electrons. The van der Waals surface area contributed by atoms with Gasteiger partial charge in [0.25, 0.3) is 5.91 Å². The van der Waals surface area contributed by atoms with E-state index in [9.17, 15) is 24.3 Å². The quantitative estimate of drug-likeness (QED) is 0.526. The van der Waals surface area contributed by atoms with E-state index in [0.29, 0.717) is 11.3 Å². The predicted octanol–water partition coefficient (Wildman–Crippen LogP) is -0.302. The van der Waals surface area contributed by atoms with Crippen molar-refractivity contribution in [1.29, 1.82) is 0 Å². The monoisotopic (exact) mass is 328 g/mol. The van der Waals surface area contributed by atoms with Crippen LogP contribution in [-0.2, 0) is 23.9 Å². The number of carbonyl (C=O) groups is 4. The summed E-state index contributed by atoms with van der Waals surface area (Å²) in [7, 11) is 0. The number of hydrogen-bond acceptors (Lipinski definition) is 6. The molecule has 0 spiro atoms. The van der Waals surface area contributed by atoms with Crippen molar-refractivity contribution >= 4 is 35.5 Å². The van der Waals surface area contributed by atoms with E-state index in [-0.39, 0.29) is 24.6 Å². The first kappa shape index (κ1) is 16.3. The van der Waals surface area contributed by atoms with E-state index in [0.717, 1.165) is 4.90 Å². The van der Waals surface area contributed by atoms with Crippen molar-refractivity contribution in [3.63, 3.8) is 0 Å². The molecule has 0 aromatic rings. The molecule has 2 heterocycles. The summed E-state index contributed by atoms with van der Waals surface area (Å²) in [6, 6.07) is -0.706. The van der Waals surface area contributed by atoms with Gasteiger partial charge in [-0.1, -0.05) is 6.92 Å². The van der Waals surface area contributed by atoms with Crippen LogP contribution in [0.15, 0.2) is 11.3 Å². The third-order valence-corrected chi connectivity index (χ3v) is 4.68. The Hall–Kier alpha value is -2.03. The number of ether oxygens (including phenoxy) is 1. The maximum absolute atomic E-state index is 12.1. The summed E-state index contributed by atoms with van der Waals surface area (Å²) >= 11 is 1.34. The number of aliphatic carboxylic acids is 1. The number of esters is 1. The van der Waals surface area contributed by atoms with Crippen LogP contribution in [0.5, 0.6) is 0 Å². The lowest BCUT2D eigenvalue weighted by molar-refractivity contribution is -0.151. The van der Waals surface area contributed by atoms with Crippen molar-refractivity contribution < 1.29 is 29.0 Å². The Morgan fingerprint density at radius 3 is 2.68 bits per heavy atom. The second-order valence-electron chi connectivity index (χ2n) is 4.85. The van der Waals surface area contributed by atoms with Crippen LogP contribution in [0.25, 0.3) is 0 Å². The Morgan fingerprint density at radius 1 is 1.45 bits per heavy atom. The zero-order valence-corrected chi connectivity index (χ0v) is 12.9. The first-order chi connectivity index (χ1) is 10.4. The summed E-state index contributed by atoms with van der Waals surface area (Å²) in [6.07, 6.45) is 0.250. The number of nitrogens with zero attached hydrogens (tertiary/aromatic N) is 1. The fourth-order valence-corrected chi connectivity index (χ4v) is 3.59. The van der Waals surface area contributed by atoms with E-state index in [2.05, 4.69) is 5.32 Å². The van der Waals surface area contributed by atoms with Gasteiger partial charge in [0.1, 0.15) is 23.7 Å². The van der Waals surface area contributed by atoms with Gasteiger partial charge >= 0.3 is 11.9 Å². The lowest BCUT2D eigenvalue weighted by Gasteiger charge is -2.49. The molecule has 2 unspecified atom stereocenters. The zero-order valence-electron chi connectivity index (χ0n) is 12.1. The molecular weight excluding hydrogens is 312 g/mol. The molecule has 2 N–H and O–H groups in total. The van der Waals surface area contributed by atoms with Crippen molar-refractivity contribution in [2.75, 3.05) is 12.4 Å². The Morgan fingerprint density at radius 2 is 2.14 bits per heavy atom. The molecular formula is C13H16N2O6S. The summed E-state index contributed by atoms with van der Waals surface area (Å²) in [5.74, 6) is -2.17. The second-order valence-corrected chi connectivity index (χ2v) is 5.95. The number of fused-ring (bicyclic) bond motifs is 1. The molecule has 0 aromatic carbocycles. The Bertz CT molecular complexity index is 573. The van der Waals surface area contributed by atoms with Crippen molar-refractivity contribution in [1.82, 2.24) is 10.2 Å². The number of carboxylic acids is 1. The minimum atomic E-state index is -1.25. The molecule has 8 nitrogen and oxygen atoms in total. The number of nitrogens with one attached hydrogen (secondary N) is 1. The van der Waals surface area contributed by atoms with E-state index < -0.39 is 29.3 Å². The Labute approximate surface area is 130 Å². The summed E-state index contributed by atoms with van der Waals surface area (Å²) in [5.41, 5.74) is 0.217. The van der Waals surface area contributed by atoms with Crippen LogP contribution in [0, 0.1) is 0 Å². The number of carboxylic acid groups (broad SMARTS) is 1. The summed E-state index contributed by atoms with van der Waals surface area (Å²) in [4.78, 5) is 47.0. The highest BCUT2D eigenvalue weighted by atomic mass is 32.2. The molecule has 2 aliphatic heterocycles. The second kappa shape index (κ2) is 6.39. The summed E-state index contributed by atoms with van der Waals surface area (Å²) in [6.45, 7) is 2.74. The standard InChI is InChI=1S/C13H16N2O6S/c1-3-8(17)14-9-11(18)15-10(13(19)20)7(4-21-6(2)16)5-22-12(9)15/h9,12H,3-5H2,1-2H3,(H,14,17)(H,19,20). The average Bonchev–Trinajstić information content (AvgIpc) is 2.48. The van der Waals surface area contributed by atoms with Gasteiger partial charge in [0.2, 0.25) is 5.91 Å². The fourth-order valence-electron chi connectivity index (χ4n) is 2.26. The molecule has 1 saturated heterocycles. The van der Waals surface area contributed by atoms with Gasteiger partial charge in [-0.2, -0.15) is 0 Å². The smallest absolute Gasteiger partial charge is 0.352 e. The summed E-state index contributed by atoms with van der Waals surface area (Å²) in [5, 5.41) is 11.5. The van der Waals surface area contributed by atoms with Crippen LogP contribution in [0.3, 0.4) is 0 Å². The number of β-lactam (4-membered cyclic amide) rings is 1. The van der Waals surface area contributed by atoms with E-state index in [1.54, 1.807) is 6.92 Å². The third-order valence-electron chi connectivity index (χ3n) is 3.34. The van der Waals surface area contributed by atoms with E-state index in [1.807, 2.05) is 0 Å². The molecule has 1 fully saturated rings. The van der Waals surface area contributed by atoms with Gasteiger partial charge in [-0.3, -0.25) is 19.3 Å². The molecule has 2 amide bonds. The Kier molecular flexibility index (Phi) is 4.74. The SMILES string of the molecule is CCC(=O)NC1C(=O)N2C(C(=O)O)=C(COC(C)=O)CSC12. The van der Waals surface area contributed by atoms with Crippen molar-refractivity contribution in [2.24, 2.45) is 0 Å². The van der Waals surface area contributed by atoms with Crippen molar-refractivity contribution in [2.45, 2.75) is 31.7 Å². The third kappa shape index (κ3) is 2.94. The van der Waals surface area contributed by atoms with Crippen LogP contribution >= 0.6 is 11.8 Å². The number of hydrogen-bond donors (Lipinski definition) is 2. The van der Waals surface area contributed by atoms with Crippen molar-refractivity contribution in [3.8, 4) is 0 Å². The highest BCUT2D eigenvalue weighted by Gasteiger charge is 2.54. The topological polar surface area (TPSA) is 113 Å². The van der Waals surface area contributed by atoms with E-state index in [4.69, 9.17) is 4.74 Å². The van der Waals surface area contributed by atoms with Gasteiger partial charge in [0.05, 0.1) is 0 Å². The van der Waals surface area contributed by atoms with Gasteiger partial charge in [0, 0.05) is 24.7 Å². The molecule has 0 bridgehead atoms. The average molecular weight is 328 g/mol. The first-order valence-corrected chi connectivity index (χ1v) is 7.74. The number of rotatable bonds is 5. The van der Waals surface area contributed by atoms with Crippen LogP contribution in [0.2, 0.25) is 0 Å². The zero-order chi connectivity index (χ0) is 16.4. The Balaban J connectivity index is 2.19. The predicted molar refractivity (Wildman–Crippen MR) is 76.6 cm³/mol. The largest absolute Gasteiger partial charge is 0.477 e. The molecule has 0 aliphatic carbocycles. The maximum atomic E-state index is 12.1. The molecule has 22 heavy (non-hydrogen) atoms. The number of carbonyl (C=O) groups excluding carboxylic acids is 3. The minimum Gasteiger partial charge on any atom is -0.477 e. The lowest BCUT2D eigenvalue weighted by atomic mass is 10.0. The lowest BCUT2D eigenvalue weighted by Crippen LogP contribution is -2.70. The maximum Gasteiger partial charge on any atom is 0.352 e. The molecule has 0 saturated carbocycles. The van der Waals surface area contributed by atoms with Crippen molar-refractivity contribution in [3.05, 3.63) is 11.3 Å². The number of thioether (sulfide) groups is 1. The first-order valence-electron chi connectivity index (χ1n) is 6.69. The van der Waals surface area contributed by atoms with Gasteiger partial charge in [-0.15, -0.1) is 11.8 Å². The molecule has 2 rings (SSSR count). The minimum absolute atomic E-state index is 0.156. The van der Waals surface area contributed by atoms with Gasteiger partial charge in [0.15, 0.2) is 0 Å².